The molecule has 2 aliphatic carbocycles. The standard InChI is InChI=1S/C16H21N3O2/c17-16(8-1-9-16)10-14(20)18-12-4-2-11(3-5-12)15(21)19-13-6-7-13/h2-5,13H,1,6-10,17H2,(H,18,20)(H,19,21). The van der Waals surface area contributed by atoms with Gasteiger partial charge in [0, 0.05) is 29.3 Å². The van der Waals surface area contributed by atoms with E-state index in [0.29, 0.717) is 23.7 Å². The highest BCUT2D eigenvalue weighted by Crippen LogP contribution is 2.32. The van der Waals surface area contributed by atoms with Gasteiger partial charge in [-0.15, -0.1) is 0 Å². The normalized spacial score (nSPS) is 19.5. The maximum Gasteiger partial charge on any atom is 0.251 e. The van der Waals surface area contributed by atoms with Gasteiger partial charge in [-0.25, -0.2) is 0 Å². The number of carbonyl (C=O) groups is 2. The highest BCUT2D eigenvalue weighted by molar-refractivity contribution is 5.96. The lowest BCUT2D eigenvalue weighted by atomic mass is 9.75. The second-order valence-electron chi connectivity index (χ2n) is 6.27. The molecule has 5 nitrogen and oxygen atoms in total. The highest BCUT2D eigenvalue weighted by atomic mass is 16.2. The van der Waals surface area contributed by atoms with Gasteiger partial charge in [-0.2, -0.15) is 0 Å². The van der Waals surface area contributed by atoms with Gasteiger partial charge in [-0.05, 0) is 56.4 Å². The molecule has 21 heavy (non-hydrogen) atoms. The summed E-state index contributed by atoms with van der Waals surface area (Å²) in [6, 6.07) is 7.32. The lowest BCUT2D eigenvalue weighted by molar-refractivity contribution is -0.118. The molecule has 2 fully saturated rings. The van der Waals surface area contributed by atoms with Crippen LogP contribution in [0.15, 0.2) is 24.3 Å². The van der Waals surface area contributed by atoms with Gasteiger partial charge < -0.3 is 16.4 Å². The monoisotopic (exact) mass is 287 g/mol. The van der Waals surface area contributed by atoms with Crippen LogP contribution in [0.25, 0.3) is 0 Å². The largest absolute Gasteiger partial charge is 0.349 e. The quantitative estimate of drug-likeness (QED) is 0.772. The molecule has 5 heteroatoms. The van der Waals surface area contributed by atoms with Crippen LogP contribution in [0.2, 0.25) is 0 Å². The number of amides is 2. The second kappa shape index (κ2) is 5.48. The molecule has 1 aromatic rings. The third-order valence-corrected chi connectivity index (χ3v) is 4.21. The Bertz CT molecular complexity index is 545. The molecule has 3 rings (SSSR count). The van der Waals surface area contributed by atoms with Crippen molar-refractivity contribution in [2.24, 2.45) is 5.73 Å². The predicted molar refractivity (Wildman–Crippen MR) is 80.9 cm³/mol. The van der Waals surface area contributed by atoms with Gasteiger partial charge in [0.25, 0.3) is 5.91 Å². The molecular weight excluding hydrogens is 266 g/mol. The van der Waals surface area contributed by atoms with Crippen LogP contribution in [0.5, 0.6) is 0 Å². The summed E-state index contributed by atoms with van der Waals surface area (Å²) < 4.78 is 0. The van der Waals surface area contributed by atoms with E-state index < -0.39 is 0 Å². The van der Waals surface area contributed by atoms with Crippen molar-refractivity contribution < 1.29 is 9.59 Å². The molecule has 0 heterocycles. The zero-order chi connectivity index (χ0) is 14.9. The highest BCUT2D eigenvalue weighted by Gasteiger charge is 2.34. The Morgan fingerprint density at radius 3 is 2.38 bits per heavy atom. The van der Waals surface area contributed by atoms with E-state index in [-0.39, 0.29) is 17.4 Å². The minimum atomic E-state index is -0.311. The summed E-state index contributed by atoms with van der Waals surface area (Å²) in [5.74, 6) is -0.113. The Hall–Kier alpha value is -1.88. The molecule has 0 atom stereocenters. The van der Waals surface area contributed by atoms with Crippen molar-refractivity contribution >= 4 is 17.5 Å². The van der Waals surface area contributed by atoms with Crippen molar-refractivity contribution in [3.05, 3.63) is 29.8 Å². The first-order valence-electron chi connectivity index (χ1n) is 7.54. The number of anilines is 1. The smallest absolute Gasteiger partial charge is 0.251 e. The summed E-state index contributed by atoms with van der Waals surface area (Å²) in [5, 5.41) is 5.77. The van der Waals surface area contributed by atoms with Crippen LogP contribution < -0.4 is 16.4 Å². The van der Waals surface area contributed by atoms with Crippen LogP contribution in [0.1, 0.15) is 48.9 Å². The number of nitrogens with two attached hydrogens (primary N) is 1. The molecule has 2 aliphatic rings. The number of hydrogen-bond donors (Lipinski definition) is 3. The van der Waals surface area contributed by atoms with E-state index in [1.54, 1.807) is 24.3 Å². The zero-order valence-electron chi connectivity index (χ0n) is 12.0. The maximum atomic E-state index is 11.9. The van der Waals surface area contributed by atoms with Gasteiger partial charge in [0.05, 0.1) is 0 Å². The summed E-state index contributed by atoms with van der Waals surface area (Å²) in [5.41, 5.74) is 7.07. The van der Waals surface area contributed by atoms with Crippen molar-refractivity contribution in [2.45, 2.75) is 50.1 Å². The molecule has 2 saturated carbocycles. The summed E-state index contributed by atoms with van der Waals surface area (Å²) in [6.45, 7) is 0. The Kier molecular flexibility index (Phi) is 3.68. The van der Waals surface area contributed by atoms with Crippen LogP contribution >= 0.6 is 0 Å². The third-order valence-electron chi connectivity index (χ3n) is 4.21. The maximum absolute atomic E-state index is 11.9. The number of nitrogens with one attached hydrogen (secondary N) is 2. The molecule has 2 amide bonds. The molecule has 0 unspecified atom stereocenters. The molecule has 112 valence electrons. The summed E-state index contributed by atoms with van der Waals surface area (Å²) >= 11 is 0. The average Bonchev–Trinajstić information content (AvgIpc) is 3.21. The Morgan fingerprint density at radius 2 is 1.86 bits per heavy atom. The van der Waals surface area contributed by atoms with Gasteiger partial charge in [0.1, 0.15) is 0 Å². The van der Waals surface area contributed by atoms with E-state index in [2.05, 4.69) is 10.6 Å². The van der Waals surface area contributed by atoms with Crippen molar-refractivity contribution in [2.75, 3.05) is 5.32 Å². The fourth-order valence-electron chi connectivity index (χ4n) is 2.53. The first kappa shape index (κ1) is 14.1. The van der Waals surface area contributed by atoms with E-state index >= 15 is 0 Å². The second-order valence-corrected chi connectivity index (χ2v) is 6.27. The predicted octanol–water partition coefficient (Wildman–Crippen LogP) is 1.79. The lowest BCUT2D eigenvalue weighted by Crippen LogP contribution is -2.48. The summed E-state index contributed by atoms with van der Waals surface area (Å²) in [7, 11) is 0. The molecule has 0 saturated heterocycles. The van der Waals surface area contributed by atoms with Crippen molar-refractivity contribution in [1.82, 2.24) is 5.32 Å². The molecule has 0 spiro atoms. The minimum Gasteiger partial charge on any atom is -0.349 e. The van der Waals surface area contributed by atoms with Gasteiger partial charge in [0.15, 0.2) is 0 Å². The number of carbonyl (C=O) groups excluding carboxylic acids is 2. The summed E-state index contributed by atoms with van der Waals surface area (Å²) in [6.07, 6.45) is 5.44. The van der Waals surface area contributed by atoms with Crippen LogP contribution in [0.3, 0.4) is 0 Å². The SMILES string of the molecule is NC1(CC(=O)Nc2ccc(C(=O)NC3CC3)cc2)CCC1. The Morgan fingerprint density at radius 1 is 1.19 bits per heavy atom. The lowest BCUT2D eigenvalue weighted by Gasteiger charge is -2.37. The van der Waals surface area contributed by atoms with Crippen LogP contribution in [-0.2, 0) is 4.79 Å². The average molecular weight is 287 g/mol. The third kappa shape index (κ3) is 3.61. The van der Waals surface area contributed by atoms with Gasteiger partial charge in [-0.3, -0.25) is 9.59 Å². The molecule has 4 N–H and O–H groups in total. The molecular formula is C16H21N3O2. The first-order chi connectivity index (χ1) is 10.0. The zero-order valence-corrected chi connectivity index (χ0v) is 12.0. The van der Waals surface area contributed by atoms with E-state index in [1.165, 1.54) is 0 Å². The number of hydrogen-bond acceptors (Lipinski definition) is 3. The van der Waals surface area contributed by atoms with Crippen LogP contribution in [-0.4, -0.2) is 23.4 Å². The Balaban J connectivity index is 1.53. The summed E-state index contributed by atoms with van der Waals surface area (Å²) in [4.78, 5) is 23.8. The van der Waals surface area contributed by atoms with Crippen LogP contribution in [0, 0.1) is 0 Å². The number of rotatable bonds is 5. The fraction of sp³-hybridized carbons (Fsp3) is 0.500. The molecule has 0 aliphatic heterocycles. The van der Waals surface area contributed by atoms with E-state index in [9.17, 15) is 9.59 Å². The molecule has 1 aromatic carbocycles. The van der Waals surface area contributed by atoms with Crippen molar-refractivity contribution in [1.29, 1.82) is 0 Å². The van der Waals surface area contributed by atoms with Crippen LogP contribution in [0.4, 0.5) is 5.69 Å². The molecule has 0 aromatic heterocycles. The fourth-order valence-corrected chi connectivity index (χ4v) is 2.53. The minimum absolute atomic E-state index is 0.0502. The van der Waals surface area contributed by atoms with Gasteiger partial charge in [-0.1, -0.05) is 0 Å². The first-order valence-corrected chi connectivity index (χ1v) is 7.54. The van der Waals surface area contributed by atoms with E-state index in [1.807, 2.05) is 0 Å². The molecule has 0 bridgehead atoms. The van der Waals surface area contributed by atoms with Gasteiger partial charge in [0.2, 0.25) is 5.91 Å². The Labute approximate surface area is 124 Å². The topological polar surface area (TPSA) is 84.2 Å². The molecule has 0 radical (unpaired) electrons. The van der Waals surface area contributed by atoms with Crippen molar-refractivity contribution in [3.8, 4) is 0 Å². The van der Waals surface area contributed by atoms with E-state index in [0.717, 1.165) is 32.1 Å². The number of benzene rings is 1. The van der Waals surface area contributed by atoms with E-state index in [4.69, 9.17) is 5.73 Å². The van der Waals surface area contributed by atoms with Crippen molar-refractivity contribution in [3.63, 3.8) is 0 Å². The van der Waals surface area contributed by atoms with Gasteiger partial charge >= 0.3 is 0 Å².